The summed E-state index contributed by atoms with van der Waals surface area (Å²) in [6, 6.07) is 8.19. The topological polar surface area (TPSA) is 17.1 Å². The molecule has 0 radical (unpaired) electrons. The summed E-state index contributed by atoms with van der Waals surface area (Å²) in [4.78, 5) is 14.2. The Morgan fingerprint density at radius 1 is 1.31 bits per heavy atom. The zero-order valence-corrected chi connectivity index (χ0v) is 10.0. The smallest absolute Gasteiger partial charge is 0.181 e. The first-order valence-corrected chi connectivity index (χ1v) is 6.36. The van der Waals surface area contributed by atoms with Crippen LogP contribution in [0.2, 0.25) is 0 Å². The van der Waals surface area contributed by atoms with Crippen molar-refractivity contribution < 1.29 is 4.79 Å². The summed E-state index contributed by atoms with van der Waals surface area (Å²) < 4.78 is 0. The predicted octanol–water partition coefficient (Wildman–Crippen LogP) is 3.34. The minimum atomic E-state index is -0.482. The van der Waals surface area contributed by atoms with E-state index in [1.165, 1.54) is 10.5 Å². The zero-order valence-electron chi connectivity index (χ0n) is 8.44. The Labute approximate surface area is 103 Å². The second-order valence-corrected chi connectivity index (χ2v) is 5.41. The van der Waals surface area contributed by atoms with Gasteiger partial charge in [0.1, 0.15) is 5.38 Å². The maximum atomic E-state index is 11.9. The number of rotatable bonds is 0. The molecule has 0 aromatic heterocycles. The van der Waals surface area contributed by atoms with Gasteiger partial charge in [0.05, 0.1) is 0 Å². The molecule has 1 nitrogen and oxygen atoms in total. The third-order valence-electron chi connectivity index (χ3n) is 2.82. The lowest BCUT2D eigenvalue weighted by atomic mass is 9.95. The average molecular weight is 249 g/mol. The zero-order chi connectivity index (χ0) is 11.1. The summed E-state index contributed by atoms with van der Waals surface area (Å²) >= 11 is 7.59. The van der Waals surface area contributed by atoms with Crippen molar-refractivity contribution in [1.29, 1.82) is 0 Å². The van der Waals surface area contributed by atoms with E-state index in [1.807, 2.05) is 18.2 Å². The number of allylic oxidation sites excluding steroid dienone is 3. The van der Waals surface area contributed by atoms with Crippen molar-refractivity contribution in [2.45, 2.75) is 16.7 Å². The van der Waals surface area contributed by atoms with Crippen LogP contribution in [0.3, 0.4) is 0 Å². The maximum Gasteiger partial charge on any atom is 0.181 e. The third-order valence-corrected chi connectivity index (χ3v) is 4.39. The molecule has 3 rings (SSSR count). The largest absolute Gasteiger partial charge is 0.292 e. The van der Waals surface area contributed by atoms with Crippen LogP contribution < -0.4 is 0 Å². The van der Waals surface area contributed by atoms with Gasteiger partial charge in [-0.1, -0.05) is 36.0 Å². The summed E-state index contributed by atoms with van der Waals surface area (Å²) in [5.41, 5.74) is 2.09. The number of thioether (sulfide) groups is 1. The molecule has 0 N–H and O–H groups in total. The van der Waals surface area contributed by atoms with E-state index in [4.69, 9.17) is 11.6 Å². The molecule has 1 atom stereocenters. The Morgan fingerprint density at radius 2 is 2.12 bits per heavy atom. The van der Waals surface area contributed by atoms with Crippen LogP contribution in [-0.4, -0.2) is 11.2 Å². The molecule has 0 saturated carbocycles. The van der Waals surface area contributed by atoms with Crippen molar-refractivity contribution in [2.24, 2.45) is 0 Å². The van der Waals surface area contributed by atoms with Crippen molar-refractivity contribution in [3.8, 4) is 0 Å². The van der Waals surface area contributed by atoms with Crippen molar-refractivity contribution >= 4 is 29.1 Å². The first kappa shape index (κ1) is 10.2. The number of Topliss-reactive ketones (excluding diaryl/α,β-unsaturated/α-hetero) is 1. The van der Waals surface area contributed by atoms with Crippen molar-refractivity contribution in [3.05, 3.63) is 52.5 Å². The van der Waals surface area contributed by atoms with E-state index in [9.17, 15) is 4.79 Å². The van der Waals surface area contributed by atoms with Gasteiger partial charge >= 0.3 is 0 Å². The minimum absolute atomic E-state index is 0.0566. The van der Waals surface area contributed by atoms with Crippen molar-refractivity contribution in [1.82, 2.24) is 0 Å². The molecule has 1 aromatic carbocycles. The van der Waals surface area contributed by atoms with Crippen LogP contribution in [0.25, 0.3) is 0 Å². The molecule has 0 amide bonds. The molecule has 3 heteroatoms. The fourth-order valence-electron chi connectivity index (χ4n) is 1.98. The molecule has 16 heavy (non-hydrogen) atoms. The molecule has 1 heterocycles. The number of alkyl halides is 1. The van der Waals surface area contributed by atoms with Gasteiger partial charge in [-0.05, 0) is 17.7 Å². The van der Waals surface area contributed by atoms with Gasteiger partial charge in [-0.25, -0.2) is 0 Å². The van der Waals surface area contributed by atoms with E-state index < -0.39 is 5.38 Å². The number of fused-ring (bicyclic) bond motifs is 1. The fourth-order valence-corrected chi connectivity index (χ4v) is 3.28. The van der Waals surface area contributed by atoms with Gasteiger partial charge in [0.15, 0.2) is 5.78 Å². The number of carbonyl (C=O) groups is 1. The highest BCUT2D eigenvalue weighted by molar-refractivity contribution is 8.03. The van der Waals surface area contributed by atoms with Gasteiger partial charge < -0.3 is 0 Å². The maximum absolute atomic E-state index is 11.9. The minimum Gasteiger partial charge on any atom is -0.292 e. The number of hydrogen-bond donors (Lipinski definition) is 0. The second kappa shape index (κ2) is 3.79. The van der Waals surface area contributed by atoms with E-state index in [2.05, 4.69) is 12.1 Å². The van der Waals surface area contributed by atoms with Crippen molar-refractivity contribution in [2.75, 3.05) is 0 Å². The third kappa shape index (κ3) is 1.53. The van der Waals surface area contributed by atoms with Gasteiger partial charge in [-0.15, -0.1) is 11.6 Å². The molecule has 0 fully saturated rings. The SMILES string of the molecule is O=C1C2=C(C=CC1Cl)Sc1ccccc1C2. The predicted molar refractivity (Wildman–Crippen MR) is 66.8 cm³/mol. The lowest BCUT2D eigenvalue weighted by Gasteiger charge is -2.23. The summed E-state index contributed by atoms with van der Waals surface area (Å²) in [7, 11) is 0. The molecule has 80 valence electrons. The second-order valence-electron chi connectivity index (χ2n) is 3.85. The van der Waals surface area contributed by atoms with Gasteiger partial charge in [-0.3, -0.25) is 4.79 Å². The van der Waals surface area contributed by atoms with Crippen LogP contribution in [0.5, 0.6) is 0 Å². The number of hydrogen-bond acceptors (Lipinski definition) is 2. The number of carbonyl (C=O) groups excluding carboxylic acids is 1. The number of ketones is 1. The Hall–Kier alpha value is -0.990. The average Bonchev–Trinajstić information content (AvgIpc) is 2.32. The molecule has 0 saturated heterocycles. The quantitative estimate of drug-likeness (QED) is 0.655. The molecule has 1 unspecified atom stereocenters. The molecular formula is C13H9ClOS. The summed E-state index contributed by atoms with van der Waals surface area (Å²) in [6.07, 6.45) is 4.45. The van der Waals surface area contributed by atoms with E-state index >= 15 is 0 Å². The van der Waals surface area contributed by atoms with E-state index in [0.717, 1.165) is 10.5 Å². The molecular weight excluding hydrogens is 240 g/mol. The Kier molecular flexibility index (Phi) is 2.41. The van der Waals surface area contributed by atoms with Crippen LogP contribution in [0.1, 0.15) is 5.56 Å². The Bertz CT molecular complexity index is 530. The number of benzene rings is 1. The van der Waals surface area contributed by atoms with Gasteiger partial charge in [-0.2, -0.15) is 0 Å². The lowest BCUT2D eigenvalue weighted by molar-refractivity contribution is -0.114. The monoisotopic (exact) mass is 248 g/mol. The summed E-state index contributed by atoms with van der Waals surface area (Å²) in [6.45, 7) is 0. The summed E-state index contributed by atoms with van der Waals surface area (Å²) in [5, 5.41) is -0.482. The van der Waals surface area contributed by atoms with Crippen LogP contribution in [0.4, 0.5) is 0 Å². The van der Waals surface area contributed by atoms with Gasteiger partial charge in [0, 0.05) is 21.8 Å². The van der Waals surface area contributed by atoms with E-state index in [0.29, 0.717) is 6.42 Å². The lowest BCUT2D eigenvalue weighted by Crippen LogP contribution is -2.22. The molecule has 2 aliphatic rings. The Morgan fingerprint density at radius 3 is 3.00 bits per heavy atom. The van der Waals surface area contributed by atoms with Crippen LogP contribution in [0, 0.1) is 0 Å². The highest BCUT2D eigenvalue weighted by atomic mass is 35.5. The Balaban J connectivity index is 2.06. The molecule has 0 spiro atoms. The van der Waals surface area contributed by atoms with Gasteiger partial charge in [0.25, 0.3) is 0 Å². The van der Waals surface area contributed by atoms with E-state index in [-0.39, 0.29) is 5.78 Å². The molecule has 1 aliphatic heterocycles. The standard InChI is InChI=1S/C13H9ClOS/c14-10-5-6-12-9(13(10)15)7-8-3-1-2-4-11(8)16-12/h1-6,10H,7H2. The highest BCUT2D eigenvalue weighted by Crippen LogP contribution is 2.41. The van der Waals surface area contributed by atoms with Crippen LogP contribution in [0.15, 0.2) is 51.8 Å². The molecule has 1 aromatic rings. The summed E-state index contributed by atoms with van der Waals surface area (Å²) in [5.74, 6) is 0.0566. The van der Waals surface area contributed by atoms with E-state index in [1.54, 1.807) is 17.8 Å². The first-order valence-electron chi connectivity index (χ1n) is 5.11. The number of halogens is 1. The van der Waals surface area contributed by atoms with Crippen LogP contribution >= 0.6 is 23.4 Å². The van der Waals surface area contributed by atoms with Gasteiger partial charge in [0.2, 0.25) is 0 Å². The fraction of sp³-hybridized carbons (Fsp3) is 0.154. The highest BCUT2D eigenvalue weighted by Gasteiger charge is 2.28. The normalized spacial score (nSPS) is 23.1. The first-order chi connectivity index (χ1) is 7.75. The molecule has 0 bridgehead atoms. The molecule has 1 aliphatic carbocycles. The van der Waals surface area contributed by atoms with Crippen molar-refractivity contribution in [3.63, 3.8) is 0 Å². The van der Waals surface area contributed by atoms with Crippen LogP contribution in [-0.2, 0) is 11.2 Å².